The van der Waals surface area contributed by atoms with Crippen molar-refractivity contribution in [3.63, 3.8) is 0 Å². The van der Waals surface area contributed by atoms with Gasteiger partial charge in [0.15, 0.2) is 0 Å². The zero-order chi connectivity index (χ0) is 14.4. The van der Waals surface area contributed by atoms with Gasteiger partial charge in [-0.25, -0.2) is 0 Å². The molecule has 3 nitrogen and oxygen atoms in total. The van der Waals surface area contributed by atoms with Gasteiger partial charge < -0.3 is 5.32 Å². The predicted octanol–water partition coefficient (Wildman–Crippen LogP) is 3.87. The van der Waals surface area contributed by atoms with Gasteiger partial charge in [0.1, 0.15) is 0 Å². The van der Waals surface area contributed by atoms with Crippen LogP contribution in [0.3, 0.4) is 0 Å². The standard InChI is InChI=1S/C16H31N3/c1-7-14(6)19-9-8-15(18-19)10-17-11-16(12(2)3)13(4)5/h8-9,12-14,16-17H,7,10-11H2,1-6H3. The normalized spacial score (nSPS) is 13.7. The van der Waals surface area contributed by atoms with E-state index < -0.39 is 0 Å². The molecule has 1 aromatic rings. The third-order valence-corrected chi connectivity index (χ3v) is 4.10. The molecule has 0 aliphatic rings. The highest BCUT2D eigenvalue weighted by molar-refractivity contribution is 4.99. The van der Waals surface area contributed by atoms with Gasteiger partial charge in [-0.05, 0) is 43.7 Å². The van der Waals surface area contributed by atoms with E-state index in [-0.39, 0.29) is 0 Å². The summed E-state index contributed by atoms with van der Waals surface area (Å²) in [6.45, 7) is 15.6. The van der Waals surface area contributed by atoms with Crippen LogP contribution in [0.2, 0.25) is 0 Å². The van der Waals surface area contributed by atoms with Crippen molar-refractivity contribution in [2.75, 3.05) is 6.54 Å². The Morgan fingerprint density at radius 3 is 2.32 bits per heavy atom. The minimum atomic E-state index is 0.493. The van der Waals surface area contributed by atoms with Crippen LogP contribution >= 0.6 is 0 Å². The Morgan fingerprint density at radius 2 is 1.79 bits per heavy atom. The summed E-state index contributed by atoms with van der Waals surface area (Å²) in [4.78, 5) is 0. The first-order valence-corrected chi connectivity index (χ1v) is 7.70. The molecule has 1 heterocycles. The van der Waals surface area contributed by atoms with Crippen molar-refractivity contribution in [3.8, 4) is 0 Å². The minimum Gasteiger partial charge on any atom is -0.311 e. The van der Waals surface area contributed by atoms with Gasteiger partial charge in [0, 0.05) is 18.8 Å². The number of aromatic nitrogens is 2. The summed E-state index contributed by atoms with van der Waals surface area (Å²) in [6, 6.07) is 2.62. The summed E-state index contributed by atoms with van der Waals surface area (Å²) in [5, 5.41) is 8.18. The van der Waals surface area contributed by atoms with Gasteiger partial charge in [0.2, 0.25) is 0 Å². The van der Waals surface area contributed by atoms with Crippen LogP contribution in [0.15, 0.2) is 12.3 Å². The fourth-order valence-corrected chi connectivity index (χ4v) is 2.51. The quantitative estimate of drug-likeness (QED) is 0.773. The van der Waals surface area contributed by atoms with Crippen LogP contribution in [0.1, 0.15) is 59.7 Å². The monoisotopic (exact) mass is 265 g/mol. The summed E-state index contributed by atoms with van der Waals surface area (Å²) in [5.74, 6) is 2.19. The lowest BCUT2D eigenvalue weighted by Crippen LogP contribution is -2.29. The van der Waals surface area contributed by atoms with Gasteiger partial charge in [-0.1, -0.05) is 34.6 Å². The summed E-state index contributed by atoms with van der Waals surface area (Å²) >= 11 is 0. The number of rotatable bonds is 8. The molecule has 0 aliphatic carbocycles. The van der Waals surface area contributed by atoms with Gasteiger partial charge in [0.05, 0.1) is 5.69 Å². The van der Waals surface area contributed by atoms with E-state index in [0.717, 1.165) is 43.0 Å². The van der Waals surface area contributed by atoms with Crippen molar-refractivity contribution < 1.29 is 0 Å². The number of hydrogen-bond donors (Lipinski definition) is 1. The molecule has 0 amide bonds. The number of nitrogens with zero attached hydrogens (tertiary/aromatic N) is 2. The second-order valence-corrected chi connectivity index (χ2v) is 6.33. The van der Waals surface area contributed by atoms with Gasteiger partial charge >= 0.3 is 0 Å². The first-order valence-electron chi connectivity index (χ1n) is 7.70. The minimum absolute atomic E-state index is 0.493. The largest absolute Gasteiger partial charge is 0.311 e. The van der Waals surface area contributed by atoms with Crippen molar-refractivity contribution in [1.29, 1.82) is 0 Å². The lowest BCUT2D eigenvalue weighted by molar-refractivity contribution is 0.275. The average Bonchev–Trinajstić information content (AvgIpc) is 2.81. The molecule has 0 saturated carbocycles. The number of hydrogen-bond acceptors (Lipinski definition) is 2. The van der Waals surface area contributed by atoms with Crippen molar-refractivity contribution in [2.45, 2.75) is 60.5 Å². The van der Waals surface area contributed by atoms with Gasteiger partial charge in [-0.3, -0.25) is 4.68 Å². The Hall–Kier alpha value is -0.830. The van der Waals surface area contributed by atoms with Gasteiger partial charge in [-0.2, -0.15) is 5.10 Å². The molecule has 0 aromatic carbocycles. The molecule has 0 fully saturated rings. The van der Waals surface area contributed by atoms with Crippen LogP contribution in [0.25, 0.3) is 0 Å². The maximum atomic E-state index is 4.62. The third kappa shape index (κ3) is 4.98. The molecule has 3 heteroatoms. The van der Waals surface area contributed by atoms with Crippen molar-refractivity contribution in [1.82, 2.24) is 15.1 Å². The van der Waals surface area contributed by atoms with Crippen LogP contribution in [0.4, 0.5) is 0 Å². The molecule has 1 atom stereocenters. The Bertz CT molecular complexity index is 347. The SMILES string of the molecule is CCC(C)n1ccc(CNCC(C(C)C)C(C)C)n1. The summed E-state index contributed by atoms with van der Waals surface area (Å²) in [7, 11) is 0. The Balaban J connectivity index is 2.42. The molecule has 0 radical (unpaired) electrons. The van der Waals surface area contributed by atoms with Crippen molar-refractivity contribution in [3.05, 3.63) is 18.0 Å². The molecule has 1 rings (SSSR count). The van der Waals surface area contributed by atoms with Crippen LogP contribution in [-0.4, -0.2) is 16.3 Å². The second-order valence-electron chi connectivity index (χ2n) is 6.33. The summed E-state index contributed by atoms with van der Waals surface area (Å²) in [6.07, 6.45) is 3.21. The molecular weight excluding hydrogens is 234 g/mol. The van der Waals surface area contributed by atoms with Crippen molar-refractivity contribution in [2.24, 2.45) is 17.8 Å². The first kappa shape index (κ1) is 16.2. The molecule has 0 aliphatic heterocycles. The highest BCUT2D eigenvalue weighted by atomic mass is 15.3. The van der Waals surface area contributed by atoms with E-state index in [1.165, 1.54) is 0 Å². The lowest BCUT2D eigenvalue weighted by Gasteiger charge is -2.25. The molecule has 1 unspecified atom stereocenters. The highest BCUT2D eigenvalue weighted by Gasteiger charge is 2.16. The smallest absolute Gasteiger partial charge is 0.0762 e. The average molecular weight is 265 g/mol. The van der Waals surface area contributed by atoms with E-state index in [0.29, 0.717) is 6.04 Å². The molecule has 110 valence electrons. The molecule has 1 N–H and O–H groups in total. The Kier molecular flexibility index (Phi) is 6.56. The zero-order valence-electron chi connectivity index (χ0n) is 13.5. The molecule has 1 aromatic heterocycles. The molecule has 19 heavy (non-hydrogen) atoms. The van der Waals surface area contributed by atoms with E-state index in [4.69, 9.17) is 0 Å². The Morgan fingerprint density at radius 1 is 1.16 bits per heavy atom. The summed E-state index contributed by atoms with van der Waals surface area (Å²) in [5.41, 5.74) is 1.14. The topological polar surface area (TPSA) is 29.9 Å². The molecule has 0 bridgehead atoms. The zero-order valence-corrected chi connectivity index (χ0v) is 13.5. The van der Waals surface area contributed by atoms with Crippen LogP contribution in [0, 0.1) is 17.8 Å². The maximum absolute atomic E-state index is 4.62. The van der Waals surface area contributed by atoms with Crippen molar-refractivity contribution >= 4 is 0 Å². The van der Waals surface area contributed by atoms with Crippen LogP contribution < -0.4 is 5.32 Å². The highest BCUT2D eigenvalue weighted by Crippen LogP contribution is 2.19. The molecule has 0 spiro atoms. The fourth-order valence-electron chi connectivity index (χ4n) is 2.51. The third-order valence-electron chi connectivity index (χ3n) is 4.10. The second kappa shape index (κ2) is 7.68. The predicted molar refractivity (Wildman–Crippen MR) is 82.1 cm³/mol. The van der Waals surface area contributed by atoms with Crippen LogP contribution in [0.5, 0.6) is 0 Å². The Labute approximate surface area is 118 Å². The van der Waals surface area contributed by atoms with Gasteiger partial charge in [-0.15, -0.1) is 0 Å². The molecular formula is C16H31N3. The van der Waals surface area contributed by atoms with E-state index in [2.05, 4.69) is 68.9 Å². The molecule has 0 saturated heterocycles. The van der Waals surface area contributed by atoms with Gasteiger partial charge in [0.25, 0.3) is 0 Å². The number of nitrogens with one attached hydrogen (secondary N) is 1. The summed E-state index contributed by atoms with van der Waals surface area (Å²) < 4.78 is 2.07. The van der Waals surface area contributed by atoms with Crippen LogP contribution in [-0.2, 0) is 6.54 Å². The maximum Gasteiger partial charge on any atom is 0.0762 e. The van der Waals surface area contributed by atoms with E-state index in [1.54, 1.807) is 0 Å². The van der Waals surface area contributed by atoms with E-state index in [9.17, 15) is 0 Å². The van der Waals surface area contributed by atoms with E-state index in [1.807, 2.05) is 0 Å². The lowest BCUT2D eigenvalue weighted by atomic mass is 9.85. The fraction of sp³-hybridized carbons (Fsp3) is 0.812. The first-order chi connectivity index (χ1) is 8.95. The van der Waals surface area contributed by atoms with E-state index >= 15 is 0 Å².